The second-order valence-corrected chi connectivity index (χ2v) is 4.64. The third-order valence-corrected chi connectivity index (χ3v) is 3.22. The molecular weight excluding hydrogens is 236 g/mol. The fourth-order valence-electron chi connectivity index (χ4n) is 1.83. The van der Waals surface area contributed by atoms with E-state index in [4.69, 9.17) is 17.3 Å². The smallest absolute Gasteiger partial charge is 0.154 e. The highest BCUT2D eigenvalue weighted by molar-refractivity contribution is 6.32. The predicted octanol–water partition coefficient (Wildman–Crippen LogP) is 2.26. The number of para-hydroxylation sites is 1. The molecule has 0 radical (unpaired) electrons. The third kappa shape index (κ3) is 1.94. The summed E-state index contributed by atoms with van der Waals surface area (Å²) < 4.78 is 1.76. The second kappa shape index (κ2) is 4.13. The molecule has 2 N–H and O–H groups in total. The van der Waals surface area contributed by atoms with Crippen LogP contribution < -0.4 is 5.73 Å². The lowest BCUT2D eigenvalue weighted by molar-refractivity contribution is 0.781. The minimum Gasteiger partial charge on any atom is -0.324 e. The van der Waals surface area contributed by atoms with Gasteiger partial charge in [-0.25, -0.2) is 9.67 Å². The quantitative estimate of drug-likeness (QED) is 0.907. The Labute approximate surface area is 104 Å². The predicted molar refractivity (Wildman–Crippen MR) is 66.2 cm³/mol. The Balaban J connectivity index is 2.09. The van der Waals surface area contributed by atoms with Gasteiger partial charge in [0, 0.05) is 5.92 Å². The summed E-state index contributed by atoms with van der Waals surface area (Å²) in [6, 6.07) is 7.59. The summed E-state index contributed by atoms with van der Waals surface area (Å²) in [5.74, 6) is 2.18. The summed E-state index contributed by atoms with van der Waals surface area (Å²) in [5, 5.41) is 5.18. The molecule has 1 aromatic heterocycles. The fraction of sp³-hybridized carbons (Fsp3) is 0.333. The van der Waals surface area contributed by atoms with Crippen LogP contribution >= 0.6 is 11.6 Å². The molecular formula is C12H13ClN4. The Morgan fingerprint density at radius 2 is 2.12 bits per heavy atom. The van der Waals surface area contributed by atoms with Gasteiger partial charge >= 0.3 is 0 Å². The molecule has 0 unspecified atom stereocenters. The lowest BCUT2D eigenvalue weighted by Crippen LogP contribution is -2.08. The average molecular weight is 249 g/mol. The van der Waals surface area contributed by atoms with E-state index in [9.17, 15) is 0 Å². The van der Waals surface area contributed by atoms with Gasteiger partial charge in [0.15, 0.2) is 5.82 Å². The number of aromatic nitrogens is 3. The van der Waals surface area contributed by atoms with Crippen LogP contribution in [0.3, 0.4) is 0 Å². The molecule has 1 saturated carbocycles. The van der Waals surface area contributed by atoms with Gasteiger partial charge in [-0.2, -0.15) is 5.10 Å². The zero-order chi connectivity index (χ0) is 11.8. The highest BCUT2D eigenvalue weighted by Crippen LogP contribution is 2.38. The first-order chi connectivity index (χ1) is 8.29. The van der Waals surface area contributed by atoms with Gasteiger partial charge in [0.1, 0.15) is 5.82 Å². The molecule has 3 rings (SSSR count). The minimum atomic E-state index is 0.366. The van der Waals surface area contributed by atoms with Crippen LogP contribution in [-0.4, -0.2) is 14.8 Å². The molecule has 5 heteroatoms. The normalized spacial score (nSPS) is 15.2. The van der Waals surface area contributed by atoms with Crippen LogP contribution in [0.4, 0.5) is 0 Å². The van der Waals surface area contributed by atoms with Crippen molar-refractivity contribution in [2.24, 2.45) is 5.73 Å². The van der Waals surface area contributed by atoms with Gasteiger partial charge < -0.3 is 5.73 Å². The number of rotatable bonds is 3. The first-order valence-electron chi connectivity index (χ1n) is 5.70. The van der Waals surface area contributed by atoms with Gasteiger partial charge in [-0.15, -0.1) is 0 Å². The molecule has 1 aliphatic rings. The van der Waals surface area contributed by atoms with Crippen LogP contribution in [0.15, 0.2) is 24.3 Å². The molecule has 1 heterocycles. The molecule has 0 bridgehead atoms. The standard InChI is InChI=1S/C12H13ClN4/c13-9-3-1-2-4-10(9)17-11(7-14)15-12(16-17)8-5-6-8/h1-4,8H,5-7,14H2. The number of hydrogen-bond acceptors (Lipinski definition) is 3. The number of nitrogens with zero attached hydrogens (tertiary/aromatic N) is 3. The van der Waals surface area contributed by atoms with Gasteiger partial charge in [-0.3, -0.25) is 0 Å². The van der Waals surface area contributed by atoms with Crippen LogP contribution in [0.5, 0.6) is 0 Å². The van der Waals surface area contributed by atoms with E-state index in [1.54, 1.807) is 4.68 Å². The fourth-order valence-corrected chi connectivity index (χ4v) is 2.04. The van der Waals surface area contributed by atoms with Crippen molar-refractivity contribution in [3.05, 3.63) is 40.9 Å². The third-order valence-electron chi connectivity index (χ3n) is 2.90. The van der Waals surface area contributed by atoms with E-state index >= 15 is 0 Å². The first kappa shape index (κ1) is 10.7. The SMILES string of the molecule is NCc1nc(C2CC2)nn1-c1ccccc1Cl. The van der Waals surface area contributed by atoms with E-state index < -0.39 is 0 Å². The summed E-state index contributed by atoms with van der Waals surface area (Å²) >= 11 is 6.16. The van der Waals surface area contributed by atoms with Crippen LogP contribution in [0, 0.1) is 0 Å². The van der Waals surface area contributed by atoms with Crippen LogP contribution in [0.25, 0.3) is 5.69 Å². The number of halogens is 1. The molecule has 1 fully saturated rings. The van der Waals surface area contributed by atoms with Crippen molar-refractivity contribution in [3.8, 4) is 5.69 Å². The number of hydrogen-bond donors (Lipinski definition) is 1. The first-order valence-corrected chi connectivity index (χ1v) is 6.08. The molecule has 0 atom stereocenters. The van der Waals surface area contributed by atoms with Crippen molar-refractivity contribution in [1.82, 2.24) is 14.8 Å². The van der Waals surface area contributed by atoms with E-state index in [2.05, 4.69) is 10.1 Å². The van der Waals surface area contributed by atoms with E-state index in [0.717, 1.165) is 17.3 Å². The molecule has 17 heavy (non-hydrogen) atoms. The molecule has 1 aromatic carbocycles. The Kier molecular flexibility index (Phi) is 2.61. The molecule has 4 nitrogen and oxygen atoms in total. The molecule has 1 aliphatic carbocycles. The van der Waals surface area contributed by atoms with Crippen molar-refractivity contribution in [1.29, 1.82) is 0 Å². The highest BCUT2D eigenvalue weighted by atomic mass is 35.5. The zero-order valence-corrected chi connectivity index (χ0v) is 10.1. The monoisotopic (exact) mass is 248 g/mol. The van der Waals surface area contributed by atoms with Crippen LogP contribution in [0.1, 0.15) is 30.4 Å². The highest BCUT2D eigenvalue weighted by Gasteiger charge is 2.29. The summed E-state index contributed by atoms with van der Waals surface area (Å²) in [6.45, 7) is 0.366. The maximum atomic E-state index is 6.16. The Hall–Kier alpha value is -1.39. The van der Waals surface area contributed by atoms with Crippen molar-refractivity contribution < 1.29 is 0 Å². The molecule has 2 aromatic rings. The summed E-state index contributed by atoms with van der Waals surface area (Å²) in [4.78, 5) is 4.48. The molecule has 0 aliphatic heterocycles. The summed E-state index contributed by atoms with van der Waals surface area (Å²) in [6.07, 6.45) is 2.35. The topological polar surface area (TPSA) is 56.7 Å². The molecule has 88 valence electrons. The molecule has 0 spiro atoms. The second-order valence-electron chi connectivity index (χ2n) is 4.23. The van der Waals surface area contributed by atoms with Crippen molar-refractivity contribution >= 4 is 11.6 Å². The van der Waals surface area contributed by atoms with E-state index in [1.807, 2.05) is 24.3 Å². The minimum absolute atomic E-state index is 0.366. The van der Waals surface area contributed by atoms with Crippen molar-refractivity contribution in [2.45, 2.75) is 25.3 Å². The van der Waals surface area contributed by atoms with E-state index in [-0.39, 0.29) is 0 Å². The zero-order valence-electron chi connectivity index (χ0n) is 9.31. The van der Waals surface area contributed by atoms with Gasteiger partial charge in [0.05, 0.1) is 17.3 Å². The van der Waals surface area contributed by atoms with Gasteiger partial charge in [0.2, 0.25) is 0 Å². The van der Waals surface area contributed by atoms with E-state index in [1.165, 1.54) is 12.8 Å². The Morgan fingerprint density at radius 3 is 2.76 bits per heavy atom. The largest absolute Gasteiger partial charge is 0.324 e. The Bertz CT molecular complexity index is 545. The summed E-state index contributed by atoms with van der Waals surface area (Å²) in [5.41, 5.74) is 6.55. The number of nitrogens with two attached hydrogens (primary N) is 1. The lowest BCUT2D eigenvalue weighted by Gasteiger charge is -2.05. The lowest BCUT2D eigenvalue weighted by atomic mass is 10.3. The van der Waals surface area contributed by atoms with Gasteiger partial charge in [0.25, 0.3) is 0 Å². The molecule has 0 saturated heterocycles. The average Bonchev–Trinajstić information content (AvgIpc) is 3.10. The van der Waals surface area contributed by atoms with Crippen LogP contribution in [-0.2, 0) is 6.54 Å². The van der Waals surface area contributed by atoms with Crippen molar-refractivity contribution in [2.75, 3.05) is 0 Å². The van der Waals surface area contributed by atoms with Gasteiger partial charge in [-0.05, 0) is 25.0 Å². The summed E-state index contributed by atoms with van der Waals surface area (Å²) in [7, 11) is 0. The van der Waals surface area contributed by atoms with E-state index in [0.29, 0.717) is 17.5 Å². The van der Waals surface area contributed by atoms with Crippen molar-refractivity contribution in [3.63, 3.8) is 0 Å². The maximum absolute atomic E-state index is 6.16. The Morgan fingerprint density at radius 1 is 1.35 bits per heavy atom. The maximum Gasteiger partial charge on any atom is 0.154 e. The van der Waals surface area contributed by atoms with Crippen LogP contribution in [0.2, 0.25) is 5.02 Å². The molecule has 0 amide bonds. The number of benzene rings is 1. The van der Waals surface area contributed by atoms with Gasteiger partial charge in [-0.1, -0.05) is 23.7 Å².